The Morgan fingerprint density at radius 1 is 0.941 bits per heavy atom. The number of aromatic nitrogens is 3. The Hall–Kier alpha value is -4.79. The minimum atomic E-state index is -0.638. The van der Waals surface area contributed by atoms with Gasteiger partial charge in [-0.15, -0.1) is 0 Å². The largest absolute Gasteiger partial charge is 0.504 e. The number of ether oxygens (including phenoxy) is 1. The second-order valence-corrected chi connectivity index (χ2v) is 7.50. The van der Waals surface area contributed by atoms with Crippen molar-refractivity contribution in [1.82, 2.24) is 15.0 Å². The maximum Gasteiger partial charge on any atom is 0.229 e. The lowest BCUT2D eigenvalue weighted by atomic mass is 10.0. The Labute approximate surface area is 193 Å². The monoisotopic (exact) mass is 457 g/mol. The van der Waals surface area contributed by atoms with E-state index in [0.29, 0.717) is 22.6 Å². The lowest BCUT2D eigenvalue weighted by Gasteiger charge is -2.15. The fourth-order valence-electron chi connectivity index (χ4n) is 3.65. The molecule has 5 aromatic rings. The van der Waals surface area contributed by atoms with Gasteiger partial charge in [-0.2, -0.15) is 4.98 Å². The second-order valence-electron chi connectivity index (χ2n) is 7.50. The highest BCUT2D eigenvalue weighted by molar-refractivity contribution is 5.93. The smallest absolute Gasteiger partial charge is 0.229 e. The number of H-pyrrole nitrogens is 1. The van der Waals surface area contributed by atoms with E-state index in [1.807, 2.05) is 30.5 Å². The number of aromatic amines is 1. The number of anilines is 4. The molecule has 0 aliphatic heterocycles. The third-order valence-corrected chi connectivity index (χ3v) is 5.35. The van der Waals surface area contributed by atoms with Gasteiger partial charge in [-0.3, -0.25) is 0 Å². The van der Waals surface area contributed by atoms with Gasteiger partial charge in [0.1, 0.15) is 5.75 Å². The fourth-order valence-corrected chi connectivity index (χ4v) is 3.65. The standard InChI is InChI=1S/C25H20FN5O3/c1-34-15-6-7-21(17(12-15)14-5-8-22(32)23(33)11-14)29-24-18(26)13-28-25(31-24)30-20-4-2-3-19-16(20)9-10-27-19/h2-13,27,32-33H,1H3,(H2,28,29,30,31). The summed E-state index contributed by atoms with van der Waals surface area (Å²) >= 11 is 0. The van der Waals surface area contributed by atoms with Gasteiger partial charge in [-0.1, -0.05) is 12.1 Å². The molecule has 34 heavy (non-hydrogen) atoms. The molecule has 8 nitrogen and oxygen atoms in total. The quantitative estimate of drug-likeness (QED) is 0.209. The van der Waals surface area contributed by atoms with Crippen LogP contribution in [0.5, 0.6) is 17.2 Å². The van der Waals surface area contributed by atoms with Crippen LogP contribution in [0, 0.1) is 5.82 Å². The molecule has 0 bridgehead atoms. The Kier molecular flexibility index (Phi) is 5.35. The molecule has 0 saturated heterocycles. The lowest BCUT2D eigenvalue weighted by Crippen LogP contribution is -2.04. The van der Waals surface area contributed by atoms with Crippen LogP contribution in [0.1, 0.15) is 0 Å². The summed E-state index contributed by atoms with van der Waals surface area (Å²) in [5, 5.41) is 26.7. The predicted octanol–water partition coefficient (Wildman–Crippen LogP) is 5.67. The number of halogens is 1. The molecule has 170 valence electrons. The molecular formula is C25H20FN5O3. The number of hydrogen-bond donors (Lipinski definition) is 5. The van der Waals surface area contributed by atoms with E-state index >= 15 is 0 Å². The van der Waals surface area contributed by atoms with E-state index in [0.717, 1.165) is 22.8 Å². The molecule has 0 aliphatic carbocycles. The zero-order chi connectivity index (χ0) is 23.7. The van der Waals surface area contributed by atoms with Crippen LogP contribution >= 0.6 is 0 Å². The summed E-state index contributed by atoms with van der Waals surface area (Å²) in [7, 11) is 1.54. The predicted molar refractivity (Wildman–Crippen MR) is 129 cm³/mol. The van der Waals surface area contributed by atoms with Crippen molar-refractivity contribution in [3.05, 3.63) is 78.9 Å². The van der Waals surface area contributed by atoms with Crippen LogP contribution < -0.4 is 15.4 Å². The van der Waals surface area contributed by atoms with Crippen LogP contribution in [0.2, 0.25) is 0 Å². The van der Waals surface area contributed by atoms with E-state index < -0.39 is 5.82 Å². The van der Waals surface area contributed by atoms with Gasteiger partial charge in [0.2, 0.25) is 5.95 Å². The number of hydrogen-bond acceptors (Lipinski definition) is 7. The number of fused-ring (bicyclic) bond motifs is 1. The highest BCUT2D eigenvalue weighted by atomic mass is 19.1. The van der Waals surface area contributed by atoms with Crippen LogP contribution in [0.3, 0.4) is 0 Å². The number of phenolic OH excluding ortho intramolecular Hbond substituents is 2. The maximum atomic E-state index is 14.7. The van der Waals surface area contributed by atoms with E-state index in [2.05, 4.69) is 25.6 Å². The van der Waals surface area contributed by atoms with E-state index in [4.69, 9.17) is 4.74 Å². The Morgan fingerprint density at radius 3 is 2.65 bits per heavy atom. The molecule has 5 N–H and O–H groups in total. The average molecular weight is 457 g/mol. The Balaban J connectivity index is 1.51. The Morgan fingerprint density at radius 2 is 1.82 bits per heavy atom. The normalized spacial score (nSPS) is 10.9. The zero-order valence-electron chi connectivity index (χ0n) is 18.0. The number of rotatable bonds is 6. The molecule has 9 heteroatoms. The lowest BCUT2D eigenvalue weighted by molar-refractivity contribution is 0.404. The summed E-state index contributed by atoms with van der Waals surface area (Å²) in [6.07, 6.45) is 2.92. The van der Waals surface area contributed by atoms with Crippen LogP contribution in [-0.2, 0) is 0 Å². The molecular weight excluding hydrogens is 437 g/mol. The van der Waals surface area contributed by atoms with Gasteiger partial charge in [0.25, 0.3) is 0 Å². The number of benzene rings is 3. The number of nitrogens with one attached hydrogen (secondary N) is 3. The van der Waals surface area contributed by atoms with Crippen molar-refractivity contribution in [3.63, 3.8) is 0 Å². The molecule has 2 aromatic heterocycles. The first-order valence-electron chi connectivity index (χ1n) is 10.3. The summed E-state index contributed by atoms with van der Waals surface area (Å²) in [5.74, 6) is -0.400. The van der Waals surface area contributed by atoms with Crippen molar-refractivity contribution in [1.29, 1.82) is 0 Å². The van der Waals surface area contributed by atoms with Gasteiger partial charge in [0.15, 0.2) is 23.1 Å². The van der Waals surface area contributed by atoms with E-state index in [-0.39, 0.29) is 23.3 Å². The summed E-state index contributed by atoms with van der Waals surface area (Å²) in [5.41, 5.74) is 3.44. The minimum Gasteiger partial charge on any atom is -0.504 e. The molecule has 3 aromatic carbocycles. The first-order chi connectivity index (χ1) is 16.5. The van der Waals surface area contributed by atoms with E-state index in [9.17, 15) is 14.6 Å². The van der Waals surface area contributed by atoms with Crippen molar-refractivity contribution in [2.24, 2.45) is 0 Å². The molecule has 0 fully saturated rings. The fraction of sp³-hybridized carbons (Fsp3) is 0.0400. The van der Waals surface area contributed by atoms with Crippen molar-refractivity contribution in [3.8, 4) is 28.4 Å². The number of methoxy groups -OCH3 is 1. The van der Waals surface area contributed by atoms with Crippen molar-refractivity contribution >= 4 is 34.0 Å². The molecule has 5 rings (SSSR count). The third-order valence-electron chi connectivity index (χ3n) is 5.35. The average Bonchev–Trinajstić information content (AvgIpc) is 3.33. The summed E-state index contributed by atoms with van der Waals surface area (Å²) in [4.78, 5) is 11.5. The van der Waals surface area contributed by atoms with Crippen LogP contribution in [0.4, 0.5) is 27.5 Å². The molecule has 0 saturated carbocycles. The summed E-state index contributed by atoms with van der Waals surface area (Å²) < 4.78 is 20.0. The van der Waals surface area contributed by atoms with Crippen molar-refractivity contribution in [2.45, 2.75) is 0 Å². The Bertz CT molecular complexity index is 1500. The van der Waals surface area contributed by atoms with Crippen LogP contribution in [0.25, 0.3) is 22.0 Å². The highest BCUT2D eigenvalue weighted by Gasteiger charge is 2.14. The topological polar surface area (TPSA) is 115 Å². The van der Waals surface area contributed by atoms with Gasteiger partial charge in [0.05, 0.1) is 19.0 Å². The first-order valence-corrected chi connectivity index (χ1v) is 10.3. The molecule has 0 radical (unpaired) electrons. The number of phenols is 2. The van der Waals surface area contributed by atoms with Crippen LogP contribution in [-0.4, -0.2) is 32.3 Å². The van der Waals surface area contributed by atoms with E-state index in [1.165, 1.54) is 19.2 Å². The third kappa shape index (κ3) is 4.02. The van der Waals surface area contributed by atoms with Crippen LogP contribution in [0.15, 0.2) is 73.1 Å². The van der Waals surface area contributed by atoms with Gasteiger partial charge in [-0.05, 0) is 54.1 Å². The summed E-state index contributed by atoms with van der Waals surface area (Å²) in [6, 6.07) is 17.2. The van der Waals surface area contributed by atoms with Crippen molar-refractivity contribution in [2.75, 3.05) is 17.7 Å². The van der Waals surface area contributed by atoms with Crippen molar-refractivity contribution < 1.29 is 19.3 Å². The molecule has 0 amide bonds. The molecule has 2 heterocycles. The molecule has 0 atom stereocenters. The highest BCUT2D eigenvalue weighted by Crippen LogP contribution is 2.37. The maximum absolute atomic E-state index is 14.7. The number of aromatic hydroxyl groups is 2. The molecule has 0 aliphatic rings. The van der Waals surface area contributed by atoms with Gasteiger partial charge in [0, 0.05) is 28.4 Å². The van der Waals surface area contributed by atoms with Gasteiger partial charge < -0.3 is 30.6 Å². The van der Waals surface area contributed by atoms with Gasteiger partial charge in [-0.25, -0.2) is 9.37 Å². The summed E-state index contributed by atoms with van der Waals surface area (Å²) in [6.45, 7) is 0. The minimum absolute atomic E-state index is 0.0341. The first kappa shape index (κ1) is 21.1. The van der Waals surface area contributed by atoms with Gasteiger partial charge >= 0.3 is 0 Å². The molecule has 0 spiro atoms. The zero-order valence-corrected chi connectivity index (χ0v) is 18.0. The molecule has 0 unspecified atom stereocenters. The number of nitrogens with zero attached hydrogens (tertiary/aromatic N) is 2. The van der Waals surface area contributed by atoms with E-state index in [1.54, 1.807) is 24.3 Å². The SMILES string of the molecule is COc1ccc(Nc2nc(Nc3cccc4[nH]ccc34)ncc2F)c(-c2ccc(O)c(O)c2)c1. The second kappa shape index (κ2) is 8.62.